The van der Waals surface area contributed by atoms with Crippen molar-refractivity contribution in [1.29, 1.82) is 0 Å². The summed E-state index contributed by atoms with van der Waals surface area (Å²) >= 11 is 0. The molecule has 1 unspecified atom stereocenters. The normalized spacial score (nSPS) is 21.5. The molecule has 0 saturated carbocycles. The molecule has 2 heterocycles. The monoisotopic (exact) mass is 302 g/mol. The largest absolute Gasteiger partial charge is 0.495 e. The number of carbonyl (C=O) groups excluding carboxylic acids is 2. The number of rotatable bonds is 3. The summed E-state index contributed by atoms with van der Waals surface area (Å²) in [4.78, 5) is 28.5. The van der Waals surface area contributed by atoms with Gasteiger partial charge in [0.05, 0.1) is 18.7 Å². The van der Waals surface area contributed by atoms with Gasteiger partial charge < -0.3 is 14.5 Å². The van der Waals surface area contributed by atoms with E-state index in [1.807, 2.05) is 30.0 Å². The second kappa shape index (κ2) is 5.99. The van der Waals surface area contributed by atoms with Gasteiger partial charge in [-0.25, -0.2) is 0 Å². The van der Waals surface area contributed by atoms with E-state index in [-0.39, 0.29) is 17.7 Å². The second-order valence-corrected chi connectivity index (χ2v) is 6.11. The number of aryl methyl sites for hydroxylation is 1. The molecule has 118 valence electrons. The zero-order chi connectivity index (χ0) is 15.7. The van der Waals surface area contributed by atoms with E-state index in [1.54, 1.807) is 12.0 Å². The Labute approximate surface area is 130 Å². The molecule has 0 bridgehead atoms. The number of anilines is 1. The number of hydrogen-bond donors (Lipinski definition) is 0. The molecule has 2 saturated heterocycles. The zero-order valence-electron chi connectivity index (χ0n) is 13.2. The molecule has 2 amide bonds. The number of likely N-dealkylation sites (tertiary alicyclic amines) is 1. The third-order valence-corrected chi connectivity index (χ3v) is 4.52. The van der Waals surface area contributed by atoms with Gasteiger partial charge in [0.25, 0.3) is 0 Å². The number of ether oxygens (including phenoxy) is 1. The summed E-state index contributed by atoms with van der Waals surface area (Å²) < 4.78 is 5.37. The van der Waals surface area contributed by atoms with E-state index in [1.165, 1.54) is 0 Å². The third-order valence-electron chi connectivity index (χ3n) is 4.52. The van der Waals surface area contributed by atoms with Crippen LogP contribution in [-0.2, 0) is 9.59 Å². The van der Waals surface area contributed by atoms with Crippen LogP contribution in [0.4, 0.5) is 5.69 Å². The van der Waals surface area contributed by atoms with E-state index < -0.39 is 0 Å². The minimum atomic E-state index is -0.226. The van der Waals surface area contributed by atoms with Crippen LogP contribution in [0.5, 0.6) is 5.75 Å². The topological polar surface area (TPSA) is 49.9 Å². The van der Waals surface area contributed by atoms with E-state index in [9.17, 15) is 9.59 Å². The van der Waals surface area contributed by atoms with Crippen molar-refractivity contribution >= 4 is 17.5 Å². The quantitative estimate of drug-likeness (QED) is 0.858. The number of carbonyl (C=O) groups is 2. The first-order valence-electron chi connectivity index (χ1n) is 7.84. The Morgan fingerprint density at radius 1 is 1.27 bits per heavy atom. The van der Waals surface area contributed by atoms with Crippen LogP contribution in [-0.4, -0.2) is 43.5 Å². The molecule has 1 aromatic rings. The molecule has 1 atom stereocenters. The number of amides is 2. The second-order valence-electron chi connectivity index (χ2n) is 6.11. The van der Waals surface area contributed by atoms with Gasteiger partial charge >= 0.3 is 0 Å². The van der Waals surface area contributed by atoms with Gasteiger partial charge in [-0.2, -0.15) is 0 Å². The van der Waals surface area contributed by atoms with Crippen LogP contribution in [0.3, 0.4) is 0 Å². The lowest BCUT2D eigenvalue weighted by atomic mass is 10.1. The number of nitrogens with zero attached hydrogens (tertiary/aromatic N) is 2. The molecule has 0 aromatic heterocycles. The van der Waals surface area contributed by atoms with Crippen LogP contribution in [0.2, 0.25) is 0 Å². The van der Waals surface area contributed by atoms with Crippen molar-refractivity contribution in [3.05, 3.63) is 23.8 Å². The molecule has 2 fully saturated rings. The van der Waals surface area contributed by atoms with Crippen LogP contribution in [0.15, 0.2) is 18.2 Å². The first-order valence-corrected chi connectivity index (χ1v) is 7.84. The Morgan fingerprint density at radius 2 is 2.00 bits per heavy atom. The lowest BCUT2D eigenvalue weighted by molar-refractivity contribution is -0.134. The highest BCUT2D eigenvalue weighted by Gasteiger charge is 2.38. The van der Waals surface area contributed by atoms with E-state index in [4.69, 9.17) is 4.74 Å². The van der Waals surface area contributed by atoms with Crippen LogP contribution >= 0.6 is 0 Å². The van der Waals surface area contributed by atoms with Gasteiger partial charge in [-0.05, 0) is 37.5 Å². The number of hydrogen-bond acceptors (Lipinski definition) is 3. The molecule has 0 N–H and O–H groups in total. The maximum absolute atomic E-state index is 12.5. The predicted molar refractivity (Wildman–Crippen MR) is 84.0 cm³/mol. The fourth-order valence-corrected chi connectivity index (χ4v) is 3.31. The average molecular weight is 302 g/mol. The molecule has 0 radical (unpaired) electrons. The Morgan fingerprint density at radius 3 is 2.68 bits per heavy atom. The van der Waals surface area contributed by atoms with E-state index in [0.717, 1.165) is 37.2 Å². The number of benzene rings is 1. The molecule has 5 nitrogen and oxygen atoms in total. The Kier molecular flexibility index (Phi) is 4.05. The highest BCUT2D eigenvalue weighted by atomic mass is 16.5. The van der Waals surface area contributed by atoms with Crippen LogP contribution < -0.4 is 9.64 Å². The minimum absolute atomic E-state index is 0.00134. The highest BCUT2D eigenvalue weighted by Crippen LogP contribution is 2.34. The van der Waals surface area contributed by atoms with Gasteiger partial charge in [-0.1, -0.05) is 6.07 Å². The fourth-order valence-electron chi connectivity index (χ4n) is 3.31. The van der Waals surface area contributed by atoms with Crippen molar-refractivity contribution in [2.45, 2.75) is 26.2 Å². The SMILES string of the molecule is COc1ccc(C)cc1N1CC(C(=O)N2CCCC2)CC1=O. The van der Waals surface area contributed by atoms with Crippen molar-refractivity contribution in [3.63, 3.8) is 0 Å². The smallest absolute Gasteiger partial charge is 0.228 e. The third kappa shape index (κ3) is 2.67. The Bertz CT molecular complexity index is 594. The predicted octanol–water partition coefficient (Wildman–Crippen LogP) is 1.98. The molecule has 3 rings (SSSR count). The Balaban J connectivity index is 1.80. The summed E-state index contributed by atoms with van der Waals surface area (Å²) in [7, 11) is 1.60. The van der Waals surface area contributed by atoms with Crippen molar-refractivity contribution in [1.82, 2.24) is 4.90 Å². The first kappa shape index (κ1) is 14.9. The summed E-state index contributed by atoms with van der Waals surface area (Å²) in [6.45, 7) is 4.10. The van der Waals surface area contributed by atoms with E-state index >= 15 is 0 Å². The van der Waals surface area contributed by atoms with Gasteiger partial charge in [-0.3, -0.25) is 9.59 Å². The molecule has 2 aliphatic heterocycles. The van der Waals surface area contributed by atoms with Crippen LogP contribution in [0.1, 0.15) is 24.8 Å². The molecule has 1 aromatic carbocycles. The molecular formula is C17H22N2O3. The zero-order valence-corrected chi connectivity index (χ0v) is 13.2. The summed E-state index contributed by atoms with van der Waals surface area (Å²) in [5, 5.41) is 0. The van der Waals surface area contributed by atoms with E-state index in [0.29, 0.717) is 18.7 Å². The minimum Gasteiger partial charge on any atom is -0.495 e. The average Bonchev–Trinajstić information content (AvgIpc) is 3.16. The molecule has 5 heteroatoms. The van der Waals surface area contributed by atoms with Gasteiger partial charge in [0.1, 0.15) is 5.75 Å². The Hall–Kier alpha value is -2.04. The highest BCUT2D eigenvalue weighted by molar-refractivity contribution is 6.01. The maximum Gasteiger partial charge on any atom is 0.228 e. The van der Waals surface area contributed by atoms with Gasteiger partial charge in [0, 0.05) is 26.1 Å². The standard InChI is InChI=1S/C17H22N2O3/c1-12-5-6-15(22-2)14(9-12)19-11-13(10-16(19)20)17(21)18-7-3-4-8-18/h5-6,9,13H,3-4,7-8,10-11H2,1-2H3. The lowest BCUT2D eigenvalue weighted by Crippen LogP contribution is -2.35. The van der Waals surface area contributed by atoms with Crippen molar-refractivity contribution in [2.24, 2.45) is 5.92 Å². The molecule has 2 aliphatic rings. The van der Waals surface area contributed by atoms with Crippen molar-refractivity contribution in [2.75, 3.05) is 31.6 Å². The molecular weight excluding hydrogens is 280 g/mol. The van der Waals surface area contributed by atoms with Crippen LogP contribution in [0.25, 0.3) is 0 Å². The molecule has 0 spiro atoms. The van der Waals surface area contributed by atoms with Gasteiger partial charge in [-0.15, -0.1) is 0 Å². The van der Waals surface area contributed by atoms with E-state index in [2.05, 4.69) is 0 Å². The lowest BCUT2D eigenvalue weighted by Gasteiger charge is -2.22. The molecule has 22 heavy (non-hydrogen) atoms. The van der Waals surface area contributed by atoms with Crippen molar-refractivity contribution < 1.29 is 14.3 Å². The van der Waals surface area contributed by atoms with Gasteiger partial charge in [0.2, 0.25) is 11.8 Å². The number of methoxy groups -OCH3 is 1. The first-order chi connectivity index (χ1) is 10.6. The van der Waals surface area contributed by atoms with Gasteiger partial charge in [0.15, 0.2) is 0 Å². The summed E-state index contributed by atoms with van der Waals surface area (Å²) in [6.07, 6.45) is 2.44. The summed E-state index contributed by atoms with van der Waals surface area (Å²) in [5.74, 6) is 0.574. The van der Waals surface area contributed by atoms with Crippen LogP contribution in [0, 0.1) is 12.8 Å². The van der Waals surface area contributed by atoms with Crippen molar-refractivity contribution in [3.8, 4) is 5.75 Å². The summed E-state index contributed by atoms with van der Waals surface area (Å²) in [6, 6.07) is 5.77. The summed E-state index contributed by atoms with van der Waals surface area (Å²) in [5.41, 5.74) is 1.84. The maximum atomic E-state index is 12.5. The molecule has 0 aliphatic carbocycles. The fraction of sp³-hybridized carbons (Fsp3) is 0.529.